The first kappa shape index (κ1) is 16.2. The number of fused-ring (bicyclic) bond motifs is 2. The summed E-state index contributed by atoms with van der Waals surface area (Å²) < 4.78 is 15.6. The fourth-order valence-corrected chi connectivity index (χ4v) is 3.29. The zero-order chi connectivity index (χ0) is 18.1. The fraction of sp³-hybridized carbons (Fsp3) is 0.200. The first-order valence-corrected chi connectivity index (χ1v) is 8.20. The maximum absolute atomic E-state index is 12.1. The van der Waals surface area contributed by atoms with Gasteiger partial charge < -0.3 is 19.3 Å². The van der Waals surface area contributed by atoms with E-state index in [0.717, 1.165) is 16.5 Å². The van der Waals surface area contributed by atoms with Gasteiger partial charge in [-0.1, -0.05) is 18.2 Å². The number of esters is 1. The van der Waals surface area contributed by atoms with Gasteiger partial charge in [-0.15, -0.1) is 0 Å². The van der Waals surface area contributed by atoms with Crippen LogP contribution in [0, 0.1) is 0 Å². The Hall–Kier alpha value is -3.28. The summed E-state index contributed by atoms with van der Waals surface area (Å²) in [6.07, 6.45) is 1.78. The summed E-state index contributed by atoms with van der Waals surface area (Å²) in [5.41, 5.74) is 2.28. The van der Waals surface area contributed by atoms with Crippen LogP contribution in [0.2, 0.25) is 0 Å². The molecule has 3 aromatic rings. The Morgan fingerprint density at radius 2 is 1.96 bits per heavy atom. The van der Waals surface area contributed by atoms with Crippen molar-refractivity contribution < 1.29 is 24.1 Å². The molecule has 1 aliphatic heterocycles. The van der Waals surface area contributed by atoms with Gasteiger partial charge in [0.05, 0.1) is 19.0 Å². The molecule has 4 rings (SSSR count). The van der Waals surface area contributed by atoms with E-state index >= 15 is 0 Å². The van der Waals surface area contributed by atoms with Gasteiger partial charge in [0.25, 0.3) is 0 Å². The molecule has 1 aromatic heterocycles. The topological polar surface area (TPSA) is 77.9 Å². The molecular formula is C20H17NO5. The number of aromatic nitrogens is 1. The number of pyridine rings is 1. The molecule has 6 nitrogen and oxygen atoms in total. The van der Waals surface area contributed by atoms with Crippen LogP contribution in [-0.4, -0.2) is 30.0 Å². The Bertz CT molecular complexity index is 980. The third-order valence-electron chi connectivity index (χ3n) is 4.55. The normalized spacial score (nSPS) is 13.6. The van der Waals surface area contributed by atoms with Crippen LogP contribution in [0.5, 0.6) is 17.2 Å². The molecule has 1 N–H and O–H groups in total. The number of carbonyl (C=O) groups excluding carboxylic acids is 1. The predicted molar refractivity (Wildman–Crippen MR) is 94.4 cm³/mol. The van der Waals surface area contributed by atoms with Gasteiger partial charge in [0.2, 0.25) is 6.79 Å². The molecule has 0 amide bonds. The molecule has 0 aliphatic carbocycles. The molecule has 2 aromatic carbocycles. The quantitative estimate of drug-likeness (QED) is 0.726. The Balaban J connectivity index is 1.89. The average Bonchev–Trinajstić information content (AvgIpc) is 3.12. The fourth-order valence-electron chi connectivity index (χ4n) is 3.29. The monoisotopic (exact) mass is 351 g/mol. The van der Waals surface area contributed by atoms with Crippen molar-refractivity contribution in [2.45, 2.75) is 12.3 Å². The third kappa shape index (κ3) is 2.79. The highest BCUT2D eigenvalue weighted by molar-refractivity contribution is 5.84. The summed E-state index contributed by atoms with van der Waals surface area (Å²) in [6, 6.07) is 12.8. The van der Waals surface area contributed by atoms with E-state index in [2.05, 4.69) is 4.98 Å². The molecule has 0 saturated carbocycles. The second kappa shape index (κ2) is 6.55. The van der Waals surface area contributed by atoms with Gasteiger partial charge in [0, 0.05) is 29.1 Å². The number of benzene rings is 2. The molecule has 0 saturated heterocycles. The maximum atomic E-state index is 12.1. The van der Waals surface area contributed by atoms with Gasteiger partial charge in [0.1, 0.15) is 5.75 Å². The second-order valence-corrected chi connectivity index (χ2v) is 6.01. The van der Waals surface area contributed by atoms with Crippen LogP contribution in [-0.2, 0) is 9.53 Å². The van der Waals surface area contributed by atoms with Crippen molar-refractivity contribution in [2.24, 2.45) is 0 Å². The van der Waals surface area contributed by atoms with E-state index < -0.39 is 5.92 Å². The minimum Gasteiger partial charge on any atom is -0.508 e. The summed E-state index contributed by atoms with van der Waals surface area (Å²) in [5, 5.41) is 11.5. The smallest absolute Gasteiger partial charge is 0.306 e. The van der Waals surface area contributed by atoms with Gasteiger partial charge in [0.15, 0.2) is 11.5 Å². The first-order chi connectivity index (χ1) is 12.7. The molecule has 2 heterocycles. The Morgan fingerprint density at radius 1 is 1.19 bits per heavy atom. The zero-order valence-corrected chi connectivity index (χ0v) is 14.1. The molecule has 0 bridgehead atoms. The van der Waals surface area contributed by atoms with Crippen molar-refractivity contribution in [1.82, 2.24) is 4.98 Å². The van der Waals surface area contributed by atoms with E-state index in [0.29, 0.717) is 17.1 Å². The van der Waals surface area contributed by atoms with Crippen LogP contribution in [0.4, 0.5) is 0 Å². The standard InChI is InChI=1S/C20H17NO5/c1-24-20(23)9-14(12-6-7-21-16-5-3-2-4-13(12)16)15-8-18-19(10-17(15)22)26-11-25-18/h2-8,10,14,22H,9,11H2,1H3/t14-/m1/s1. The van der Waals surface area contributed by atoms with E-state index in [1.54, 1.807) is 12.3 Å². The van der Waals surface area contributed by atoms with Gasteiger partial charge in [-0.3, -0.25) is 9.78 Å². The maximum Gasteiger partial charge on any atom is 0.306 e. The lowest BCUT2D eigenvalue weighted by molar-refractivity contribution is -0.140. The lowest BCUT2D eigenvalue weighted by Gasteiger charge is -2.20. The summed E-state index contributed by atoms with van der Waals surface area (Å²) in [6.45, 7) is 0.109. The molecule has 0 unspecified atom stereocenters. The van der Waals surface area contributed by atoms with Crippen LogP contribution < -0.4 is 9.47 Å². The van der Waals surface area contributed by atoms with Gasteiger partial charge in [-0.2, -0.15) is 0 Å². The summed E-state index contributed by atoms with van der Waals surface area (Å²) in [4.78, 5) is 16.4. The molecule has 26 heavy (non-hydrogen) atoms. The van der Waals surface area contributed by atoms with Crippen LogP contribution >= 0.6 is 0 Å². The number of phenols is 1. The number of para-hydroxylation sites is 1. The molecule has 0 fully saturated rings. The predicted octanol–water partition coefficient (Wildman–Crippen LogP) is 3.36. The molecule has 132 valence electrons. The number of ether oxygens (including phenoxy) is 3. The van der Waals surface area contributed by atoms with Crippen molar-refractivity contribution in [2.75, 3.05) is 13.9 Å². The number of carbonyl (C=O) groups is 1. The highest BCUT2D eigenvalue weighted by atomic mass is 16.7. The van der Waals surface area contributed by atoms with Gasteiger partial charge >= 0.3 is 5.97 Å². The number of hydrogen-bond acceptors (Lipinski definition) is 6. The molecule has 6 heteroatoms. The number of methoxy groups -OCH3 is 1. The number of hydrogen-bond donors (Lipinski definition) is 1. The number of aromatic hydroxyl groups is 1. The molecule has 0 spiro atoms. The lowest BCUT2D eigenvalue weighted by Crippen LogP contribution is -2.11. The highest BCUT2D eigenvalue weighted by Crippen LogP contribution is 2.44. The van der Waals surface area contributed by atoms with Crippen molar-refractivity contribution in [1.29, 1.82) is 0 Å². The first-order valence-electron chi connectivity index (χ1n) is 8.20. The number of phenolic OH excluding ortho intramolecular Hbond substituents is 1. The van der Waals surface area contributed by atoms with Crippen LogP contribution in [0.1, 0.15) is 23.5 Å². The largest absolute Gasteiger partial charge is 0.508 e. The van der Waals surface area contributed by atoms with E-state index in [1.165, 1.54) is 13.2 Å². The molecular weight excluding hydrogens is 334 g/mol. The van der Waals surface area contributed by atoms with Crippen LogP contribution in [0.3, 0.4) is 0 Å². The zero-order valence-electron chi connectivity index (χ0n) is 14.1. The number of nitrogens with zero attached hydrogens (tertiary/aromatic N) is 1. The molecule has 0 radical (unpaired) electrons. The Kier molecular flexibility index (Phi) is 4.08. The van der Waals surface area contributed by atoms with Crippen LogP contribution in [0.25, 0.3) is 10.9 Å². The SMILES string of the molecule is COC(=O)C[C@@H](c1cc2c(cc1O)OCO2)c1ccnc2ccccc12. The van der Waals surface area contributed by atoms with E-state index in [9.17, 15) is 9.90 Å². The van der Waals surface area contributed by atoms with E-state index in [1.807, 2.05) is 30.3 Å². The highest BCUT2D eigenvalue weighted by Gasteiger charge is 2.27. The van der Waals surface area contributed by atoms with Crippen molar-refractivity contribution in [3.05, 3.63) is 59.8 Å². The van der Waals surface area contributed by atoms with Gasteiger partial charge in [-0.25, -0.2) is 0 Å². The Morgan fingerprint density at radius 3 is 2.77 bits per heavy atom. The van der Waals surface area contributed by atoms with E-state index in [4.69, 9.17) is 14.2 Å². The molecule has 1 atom stereocenters. The summed E-state index contributed by atoms with van der Waals surface area (Å²) >= 11 is 0. The summed E-state index contributed by atoms with van der Waals surface area (Å²) in [5.74, 6) is 0.301. The van der Waals surface area contributed by atoms with Gasteiger partial charge in [-0.05, 0) is 23.8 Å². The van der Waals surface area contributed by atoms with Crippen molar-refractivity contribution >= 4 is 16.9 Å². The molecule has 1 aliphatic rings. The lowest BCUT2D eigenvalue weighted by atomic mass is 9.86. The average molecular weight is 351 g/mol. The second-order valence-electron chi connectivity index (χ2n) is 6.01. The van der Waals surface area contributed by atoms with Crippen molar-refractivity contribution in [3.63, 3.8) is 0 Å². The number of rotatable bonds is 4. The third-order valence-corrected chi connectivity index (χ3v) is 4.55. The minimum absolute atomic E-state index is 0.0454. The van der Waals surface area contributed by atoms with Crippen LogP contribution in [0.15, 0.2) is 48.7 Å². The minimum atomic E-state index is -0.412. The Labute approximate surface area is 150 Å². The van der Waals surface area contributed by atoms with Crippen molar-refractivity contribution in [3.8, 4) is 17.2 Å². The van der Waals surface area contributed by atoms with E-state index in [-0.39, 0.29) is 24.9 Å². The summed E-state index contributed by atoms with van der Waals surface area (Å²) in [7, 11) is 1.35.